The van der Waals surface area contributed by atoms with Gasteiger partial charge in [0.05, 0.1) is 18.3 Å². The summed E-state index contributed by atoms with van der Waals surface area (Å²) in [6.45, 7) is 8.15. The van der Waals surface area contributed by atoms with E-state index >= 15 is 0 Å². The molecule has 0 amide bonds. The van der Waals surface area contributed by atoms with Gasteiger partial charge in [-0.25, -0.2) is 4.98 Å². The van der Waals surface area contributed by atoms with Crippen LogP contribution in [0.1, 0.15) is 37.4 Å². The monoisotopic (exact) mass is 346 g/mol. The molecule has 2 atom stereocenters. The summed E-state index contributed by atoms with van der Waals surface area (Å²) in [5.74, 6) is 1.64. The van der Waals surface area contributed by atoms with E-state index in [2.05, 4.69) is 11.8 Å². The highest BCUT2D eigenvalue weighted by atomic mass is 35.5. The topological polar surface area (TPSA) is 38.5 Å². The lowest BCUT2D eigenvalue weighted by Crippen LogP contribution is -2.29. The van der Waals surface area contributed by atoms with Gasteiger partial charge in [-0.05, 0) is 57.5 Å². The molecule has 5 heteroatoms. The van der Waals surface area contributed by atoms with Crippen LogP contribution in [-0.2, 0) is 4.74 Å². The minimum absolute atomic E-state index is 0.185. The van der Waals surface area contributed by atoms with Crippen molar-refractivity contribution in [3.05, 3.63) is 40.9 Å². The van der Waals surface area contributed by atoms with E-state index in [1.54, 1.807) is 0 Å². The van der Waals surface area contributed by atoms with Crippen LogP contribution >= 0.6 is 11.6 Å². The Balaban J connectivity index is 1.54. The second-order valence-electron chi connectivity index (χ2n) is 7.17. The number of aromatic nitrogens is 1. The maximum absolute atomic E-state index is 6.14. The van der Waals surface area contributed by atoms with E-state index in [-0.39, 0.29) is 6.04 Å². The Morgan fingerprint density at radius 3 is 2.75 bits per heavy atom. The first kappa shape index (κ1) is 16.1. The van der Waals surface area contributed by atoms with Crippen LogP contribution in [0.25, 0.3) is 11.3 Å². The first-order valence-electron chi connectivity index (χ1n) is 8.61. The Morgan fingerprint density at radius 1 is 1.25 bits per heavy atom. The summed E-state index contributed by atoms with van der Waals surface area (Å²) >= 11 is 5.98. The van der Waals surface area contributed by atoms with Crippen LogP contribution in [0.4, 0.5) is 0 Å². The summed E-state index contributed by atoms with van der Waals surface area (Å²) in [4.78, 5) is 7.17. The van der Waals surface area contributed by atoms with Crippen LogP contribution in [0.3, 0.4) is 0 Å². The van der Waals surface area contributed by atoms with Gasteiger partial charge in [0.2, 0.25) is 5.89 Å². The molecular formula is C19H23ClN2O2. The summed E-state index contributed by atoms with van der Waals surface area (Å²) < 4.78 is 11.8. The van der Waals surface area contributed by atoms with Crippen LogP contribution in [0.15, 0.2) is 28.7 Å². The van der Waals surface area contributed by atoms with Crippen molar-refractivity contribution in [2.75, 3.05) is 26.3 Å². The Morgan fingerprint density at radius 2 is 2.04 bits per heavy atom. The second-order valence-corrected chi connectivity index (χ2v) is 7.61. The summed E-state index contributed by atoms with van der Waals surface area (Å²) in [5.41, 5.74) is 2.30. The standard InChI is InChI=1S/C19H23ClN2O2/c1-13-17(15-3-5-16(20)6-4-15)24-18(21-13)14(2)22-9-7-19(11-22)8-10-23-12-19/h3-6,14H,7-12H2,1-2H3. The molecule has 24 heavy (non-hydrogen) atoms. The van der Waals surface area contributed by atoms with Crippen LogP contribution in [0.2, 0.25) is 5.02 Å². The molecule has 1 aromatic carbocycles. The second kappa shape index (κ2) is 6.17. The predicted molar refractivity (Wildman–Crippen MR) is 94.2 cm³/mol. The number of oxazole rings is 1. The lowest BCUT2D eigenvalue weighted by molar-refractivity contribution is 0.142. The molecule has 2 unspecified atom stereocenters. The minimum atomic E-state index is 0.185. The molecule has 0 aliphatic carbocycles. The Hall–Kier alpha value is -1.36. The van der Waals surface area contributed by atoms with Gasteiger partial charge in [-0.3, -0.25) is 4.90 Å². The first-order chi connectivity index (χ1) is 11.6. The van der Waals surface area contributed by atoms with Gasteiger partial charge in [-0.1, -0.05) is 11.6 Å². The largest absolute Gasteiger partial charge is 0.439 e. The fourth-order valence-electron chi connectivity index (χ4n) is 3.89. The lowest BCUT2D eigenvalue weighted by Gasteiger charge is -2.25. The molecule has 0 saturated carbocycles. The molecule has 0 radical (unpaired) electrons. The highest BCUT2D eigenvalue weighted by molar-refractivity contribution is 6.30. The van der Waals surface area contributed by atoms with E-state index in [9.17, 15) is 0 Å². The number of hydrogen-bond donors (Lipinski definition) is 0. The predicted octanol–water partition coefficient (Wildman–Crippen LogP) is 4.48. The van der Waals surface area contributed by atoms with Crippen molar-refractivity contribution >= 4 is 11.6 Å². The highest BCUT2D eigenvalue weighted by Gasteiger charge is 2.43. The molecule has 2 saturated heterocycles. The average Bonchev–Trinajstić information content (AvgIpc) is 3.30. The number of nitrogens with zero attached hydrogens (tertiary/aromatic N) is 2. The van der Waals surface area contributed by atoms with Crippen LogP contribution in [-0.4, -0.2) is 36.2 Å². The number of benzene rings is 1. The third-order valence-electron chi connectivity index (χ3n) is 5.48. The van der Waals surface area contributed by atoms with Crippen molar-refractivity contribution in [1.82, 2.24) is 9.88 Å². The fraction of sp³-hybridized carbons (Fsp3) is 0.526. The first-order valence-corrected chi connectivity index (χ1v) is 8.99. The zero-order valence-electron chi connectivity index (χ0n) is 14.2. The summed E-state index contributed by atoms with van der Waals surface area (Å²) in [5, 5.41) is 0.727. The minimum Gasteiger partial charge on any atom is -0.439 e. The third-order valence-corrected chi connectivity index (χ3v) is 5.73. The van der Waals surface area contributed by atoms with E-state index in [1.807, 2.05) is 31.2 Å². The van der Waals surface area contributed by atoms with Crippen molar-refractivity contribution in [2.45, 2.75) is 32.7 Å². The number of hydrogen-bond acceptors (Lipinski definition) is 4. The van der Waals surface area contributed by atoms with Gasteiger partial charge >= 0.3 is 0 Å². The number of halogens is 1. The fourth-order valence-corrected chi connectivity index (χ4v) is 4.02. The average molecular weight is 347 g/mol. The number of aryl methyl sites for hydroxylation is 1. The third kappa shape index (κ3) is 2.87. The molecule has 3 heterocycles. The lowest BCUT2D eigenvalue weighted by atomic mass is 9.87. The van der Waals surface area contributed by atoms with Crippen LogP contribution in [0.5, 0.6) is 0 Å². The van der Waals surface area contributed by atoms with Crippen molar-refractivity contribution in [3.63, 3.8) is 0 Å². The van der Waals surface area contributed by atoms with Gasteiger partial charge in [-0.2, -0.15) is 0 Å². The molecule has 4 nitrogen and oxygen atoms in total. The quantitative estimate of drug-likeness (QED) is 0.821. The van der Waals surface area contributed by atoms with Gasteiger partial charge < -0.3 is 9.15 Å². The molecular weight excluding hydrogens is 324 g/mol. The zero-order valence-corrected chi connectivity index (χ0v) is 15.0. The maximum atomic E-state index is 6.14. The van der Waals surface area contributed by atoms with E-state index in [1.165, 1.54) is 12.8 Å². The summed E-state index contributed by atoms with van der Waals surface area (Å²) in [7, 11) is 0. The molecule has 0 N–H and O–H groups in total. The Bertz CT molecular complexity index is 719. The van der Waals surface area contributed by atoms with Gasteiger partial charge in [-0.15, -0.1) is 0 Å². The maximum Gasteiger partial charge on any atom is 0.212 e. The number of rotatable bonds is 3. The summed E-state index contributed by atoms with van der Waals surface area (Å²) in [6.07, 6.45) is 2.39. The van der Waals surface area contributed by atoms with Crippen molar-refractivity contribution < 1.29 is 9.15 Å². The smallest absolute Gasteiger partial charge is 0.212 e. The highest BCUT2D eigenvalue weighted by Crippen LogP contribution is 2.41. The van der Waals surface area contributed by atoms with Gasteiger partial charge in [0.25, 0.3) is 0 Å². The SMILES string of the molecule is Cc1nc(C(C)N2CCC3(CCOC3)C2)oc1-c1ccc(Cl)cc1. The van der Waals surface area contributed by atoms with Crippen LogP contribution in [0, 0.1) is 12.3 Å². The van der Waals surface area contributed by atoms with E-state index < -0.39 is 0 Å². The van der Waals surface area contributed by atoms with E-state index in [0.29, 0.717) is 5.41 Å². The Kier molecular flexibility index (Phi) is 4.15. The molecule has 1 aromatic heterocycles. The number of likely N-dealkylation sites (tertiary alicyclic amines) is 1. The molecule has 1 spiro atoms. The molecule has 4 rings (SSSR count). The molecule has 128 valence electrons. The van der Waals surface area contributed by atoms with Crippen LogP contribution < -0.4 is 0 Å². The van der Waals surface area contributed by atoms with E-state index in [0.717, 1.165) is 54.2 Å². The van der Waals surface area contributed by atoms with E-state index in [4.69, 9.17) is 25.7 Å². The van der Waals surface area contributed by atoms with Gasteiger partial charge in [0, 0.05) is 29.2 Å². The molecule has 2 fully saturated rings. The van der Waals surface area contributed by atoms with Crippen molar-refractivity contribution in [3.8, 4) is 11.3 Å². The van der Waals surface area contributed by atoms with Crippen molar-refractivity contribution in [2.24, 2.45) is 5.41 Å². The molecule has 2 aliphatic heterocycles. The molecule has 2 aromatic rings. The Labute approximate surface area is 147 Å². The van der Waals surface area contributed by atoms with Gasteiger partial charge in [0.1, 0.15) is 0 Å². The summed E-state index contributed by atoms with van der Waals surface area (Å²) in [6, 6.07) is 7.90. The zero-order chi connectivity index (χ0) is 16.7. The normalized spacial score (nSPS) is 25.6. The molecule has 0 bridgehead atoms. The molecule has 2 aliphatic rings. The van der Waals surface area contributed by atoms with Gasteiger partial charge in [0.15, 0.2) is 5.76 Å². The number of ether oxygens (including phenoxy) is 1. The van der Waals surface area contributed by atoms with Crippen molar-refractivity contribution in [1.29, 1.82) is 0 Å².